The summed E-state index contributed by atoms with van der Waals surface area (Å²) in [7, 11) is 0. The molecular formula is C18H18Cl2N4. The first kappa shape index (κ1) is 15.8. The molecule has 1 saturated heterocycles. The van der Waals surface area contributed by atoms with Gasteiger partial charge in [0.1, 0.15) is 0 Å². The fourth-order valence-electron chi connectivity index (χ4n) is 3.13. The minimum Gasteiger partial charge on any atom is -0.301 e. The Hall–Kier alpha value is -1.75. The number of hydrogen-bond acceptors (Lipinski definition) is 3. The summed E-state index contributed by atoms with van der Waals surface area (Å²) < 4.78 is 1.86. The molecule has 3 aromatic rings. The Balaban J connectivity index is 1.82. The first-order valence-electron chi connectivity index (χ1n) is 8.17. The van der Waals surface area contributed by atoms with E-state index in [4.69, 9.17) is 28.3 Å². The van der Waals surface area contributed by atoms with Gasteiger partial charge in [0.2, 0.25) is 0 Å². The molecule has 0 atom stereocenters. The first-order valence-corrected chi connectivity index (χ1v) is 8.93. The summed E-state index contributed by atoms with van der Waals surface area (Å²) in [6.45, 7) is 2.07. The fourth-order valence-corrected chi connectivity index (χ4v) is 3.52. The third kappa shape index (κ3) is 2.97. The molecule has 2 aromatic carbocycles. The summed E-state index contributed by atoms with van der Waals surface area (Å²) in [6, 6.07) is 13.5. The Morgan fingerprint density at radius 2 is 1.75 bits per heavy atom. The molecule has 4 rings (SSSR count). The molecule has 0 saturated carbocycles. The van der Waals surface area contributed by atoms with Gasteiger partial charge in [-0.1, -0.05) is 41.8 Å². The molecule has 1 aliphatic heterocycles. The van der Waals surface area contributed by atoms with Crippen molar-refractivity contribution < 1.29 is 0 Å². The van der Waals surface area contributed by atoms with Crippen molar-refractivity contribution in [3.63, 3.8) is 0 Å². The second-order valence-corrected chi connectivity index (χ2v) is 6.88. The number of anilines is 1. The van der Waals surface area contributed by atoms with Gasteiger partial charge in [0.15, 0.2) is 5.82 Å². The van der Waals surface area contributed by atoms with Gasteiger partial charge in [0, 0.05) is 23.5 Å². The molecular weight excluding hydrogens is 343 g/mol. The molecule has 0 spiro atoms. The number of fused-ring (bicyclic) bond motifs is 1. The maximum absolute atomic E-state index is 6.38. The summed E-state index contributed by atoms with van der Waals surface area (Å²) in [5.74, 6) is 0.837. The van der Waals surface area contributed by atoms with Gasteiger partial charge in [-0.25, -0.2) is 9.69 Å². The Bertz CT molecular complexity index is 869. The minimum absolute atomic E-state index is 0.659. The van der Waals surface area contributed by atoms with Crippen molar-refractivity contribution in [3.05, 3.63) is 52.5 Å². The van der Waals surface area contributed by atoms with Gasteiger partial charge in [0.25, 0.3) is 0 Å². The lowest BCUT2D eigenvalue weighted by atomic mass is 10.2. The van der Waals surface area contributed by atoms with Crippen LogP contribution in [0.5, 0.6) is 0 Å². The van der Waals surface area contributed by atoms with Crippen LogP contribution in [0.2, 0.25) is 10.0 Å². The van der Waals surface area contributed by atoms with Gasteiger partial charge in [-0.15, -0.1) is 5.10 Å². The lowest BCUT2D eigenvalue weighted by Crippen LogP contribution is -2.35. The summed E-state index contributed by atoms with van der Waals surface area (Å²) in [5, 5.41) is 9.38. The van der Waals surface area contributed by atoms with Gasteiger partial charge in [0.05, 0.1) is 16.2 Å². The van der Waals surface area contributed by atoms with Crippen LogP contribution in [0, 0.1) is 0 Å². The molecule has 1 fully saturated rings. The van der Waals surface area contributed by atoms with Crippen molar-refractivity contribution in [1.29, 1.82) is 0 Å². The van der Waals surface area contributed by atoms with E-state index in [1.807, 2.05) is 47.1 Å². The Labute approximate surface area is 150 Å². The highest BCUT2D eigenvalue weighted by molar-refractivity contribution is 6.32. The maximum Gasteiger partial charge on any atom is 0.170 e. The molecule has 124 valence electrons. The number of rotatable bonds is 3. The van der Waals surface area contributed by atoms with Crippen molar-refractivity contribution in [2.24, 2.45) is 0 Å². The third-order valence-corrected chi connectivity index (χ3v) is 4.90. The van der Waals surface area contributed by atoms with Crippen LogP contribution in [0.25, 0.3) is 16.6 Å². The number of aromatic nitrogens is 2. The molecule has 1 N–H and O–H groups in total. The number of para-hydroxylation sites is 1. The lowest BCUT2D eigenvalue weighted by Gasteiger charge is -2.26. The van der Waals surface area contributed by atoms with Crippen LogP contribution in [0.15, 0.2) is 42.5 Å². The monoisotopic (exact) mass is 360 g/mol. The van der Waals surface area contributed by atoms with Crippen molar-refractivity contribution in [2.45, 2.75) is 19.3 Å². The van der Waals surface area contributed by atoms with Crippen molar-refractivity contribution >= 4 is 39.9 Å². The molecule has 24 heavy (non-hydrogen) atoms. The quantitative estimate of drug-likeness (QED) is 0.701. The molecule has 0 bridgehead atoms. The van der Waals surface area contributed by atoms with Gasteiger partial charge in [-0.05, 0) is 43.2 Å². The summed E-state index contributed by atoms with van der Waals surface area (Å²) in [6.07, 6.45) is 3.71. The molecule has 0 amide bonds. The maximum atomic E-state index is 6.38. The minimum atomic E-state index is 0.659. The van der Waals surface area contributed by atoms with Gasteiger partial charge < -0.3 is 5.43 Å². The molecule has 0 aliphatic carbocycles. The standard InChI is InChI=1S/C18H18Cl2N4/c19-13-8-9-14-17(12-13)24(16-7-3-2-6-15(16)20)22-18(14)21-23-10-4-1-5-11-23/h2-3,6-9,12H,1,4-5,10-11H2,(H,21,22). The second-order valence-electron chi connectivity index (χ2n) is 6.03. The second kappa shape index (κ2) is 6.63. The SMILES string of the molecule is Clc1ccc2c(NN3CCCCC3)nn(-c3ccccc3Cl)c2c1. The molecule has 6 heteroatoms. The molecule has 4 nitrogen and oxygen atoms in total. The molecule has 0 radical (unpaired) electrons. The fraction of sp³-hybridized carbons (Fsp3) is 0.278. The van der Waals surface area contributed by atoms with Crippen LogP contribution < -0.4 is 5.43 Å². The van der Waals surface area contributed by atoms with Crippen LogP contribution >= 0.6 is 23.2 Å². The first-order chi connectivity index (χ1) is 11.7. The average molecular weight is 361 g/mol. The topological polar surface area (TPSA) is 33.1 Å². The van der Waals surface area contributed by atoms with E-state index in [-0.39, 0.29) is 0 Å². The van der Waals surface area contributed by atoms with E-state index in [2.05, 4.69) is 10.4 Å². The number of hydrogen-bond donors (Lipinski definition) is 1. The van der Waals surface area contributed by atoms with Crippen molar-refractivity contribution in [2.75, 3.05) is 18.5 Å². The Morgan fingerprint density at radius 1 is 0.958 bits per heavy atom. The van der Waals surface area contributed by atoms with Crippen LogP contribution in [0.3, 0.4) is 0 Å². The summed E-state index contributed by atoms with van der Waals surface area (Å²) in [4.78, 5) is 0. The zero-order valence-electron chi connectivity index (χ0n) is 13.2. The highest BCUT2D eigenvalue weighted by Crippen LogP contribution is 2.31. The molecule has 0 unspecified atom stereocenters. The van der Waals surface area contributed by atoms with Crippen LogP contribution in [-0.4, -0.2) is 27.9 Å². The van der Waals surface area contributed by atoms with E-state index in [0.717, 1.165) is 35.5 Å². The predicted molar refractivity (Wildman–Crippen MR) is 100 cm³/mol. The van der Waals surface area contributed by atoms with E-state index in [1.165, 1.54) is 19.3 Å². The number of hydrazine groups is 1. The zero-order chi connectivity index (χ0) is 16.5. The normalized spacial score (nSPS) is 15.8. The van der Waals surface area contributed by atoms with E-state index >= 15 is 0 Å². The van der Waals surface area contributed by atoms with Crippen molar-refractivity contribution in [3.8, 4) is 5.69 Å². The van der Waals surface area contributed by atoms with E-state index in [1.54, 1.807) is 0 Å². The van der Waals surface area contributed by atoms with Crippen LogP contribution in [0.1, 0.15) is 19.3 Å². The highest BCUT2D eigenvalue weighted by Gasteiger charge is 2.17. The van der Waals surface area contributed by atoms with Gasteiger partial charge in [-0.2, -0.15) is 0 Å². The van der Waals surface area contributed by atoms with Crippen molar-refractivity contribution in [1.82, 2.24) is 14.8 Å². The lowest BCUT2D eigenvalue weighted by molar-refractivity contribution is 0.272. The number of piperidine rings is 1. The van der Waals surface area contributed by atoms with E-state index in [0.29, 0.717) is 10.0 Å². The average Bonchev–Trinajstić information content (AvgIpc) is 2.94. The van der Waals surface area contributed by atoms with Gasteiger partial charge >= 0.3 is 0 Å². The molecule has 1 aliphatic rings. The van der Waals surface area contributed by atoms with Gasteiger partial charge in [-0.3, -0.25) is 0 Å². The van der Waals surface area contributed by atoms with Crippen LogP contribution in [0.4, 0.5) is 5.82 Å². The number of nitrogens with zero attached hydrogens (tertiary/aromatic N) is 3. The highest BCUT2D eigenvalue weighted by atomic mass is 35.5. The molecule has 2 heterocycles. The van der Waals surface area contributed by atoms with E-state index < -0.39 is 0 Å². The largest absolute Gasteiger partial charge is 0.301 e. The summed E-state index contributed by atoms with van der Waals surface area (Å²) >= 11 is 12.6. The zero-order valence-corrected chi connectivity index (χ0v) is 14.7. The van der Waals surface area contributed by atoms with E-state index in [9.17, 15) is 0 Å². The Morgan fingerprint density at radius 3 is 2.54 bits per heavy atom. The third-order valence-electron chi connectivity index (χ3n) is 4.34. The number of nitrogens with one attached hydrogen (secondary N) is 1. The number of halogens is 2. The predicted octanol–water partition coefficient (Wildman–Crippen LogP) is 5.15. The Kier molecular flexibility index (Phi) is 4.35. The smallest absolute Gasteiger partial charge is 0.170 e. The summed E-state index contributed by atoms with van der Waals surface area (Å²) in [5.41, 5.74) is 5.25. The molecule has 1 aromatic heterocycles. The number of benzene rings is 2. The van der Waals surface area contributed by atoms with Crippen LogP contribution in [-0.2, 0) is 0 Å².